The predicted octanol–water partition coefficient (Wildman–Crippen LogP) is 4.84. The van der Waals surface area contributed by atoms with Crippen LogP contribution in [0, 0.1) is 0 Å². The molecule has 0 aliphatic heterocycles. The first-order valence-electron chi connectivity index (χ1n) is 8.27. The van der Waals surface area contributed by atoms with Crippen molar-refractivity contribution >= 4 is 39.3 Å². The molecule has 0 aliphatic rings. The molecule has 4 heteroatoms. The van der Waals surface area contributed by atoms with Gasteiger partial charge in [0.1, 0.15) is 0 Å². The lowest BCUT2D eigenvalue weighted by atomic mass is 10.1. The summed E-state index contributed by atoms with van der Waals surface area (Å²) in [4.78, 5) is 16.8. The van der Waals surface area contributed by atoms with Crippen LogP contribution in [0.15, 0.2) is 77.8 Å². The fraction of sp³-hybridized carbons (Fsp3) is 0.0952. The Balaban J connectivity index is 1.35. The molecule has 0 atom stereocenters. The topological polar surface area (TPSA) is 44.9 Å². The molecule has 1 heterocycles. The predicted molar refractivity (Wildman–Crippen MR) is 105 cm³/mol. The van der Waals surface area contributed by atoms with Crippen LogP contribution in [0.3, 0.4) is 0 Å². The summed E-state index contributed by atoms with van der Waals surface area (Å²) in [5.74, 6) is 0.812. The Labute approximate surface area is 150 Å². The maximum Gasteiger partial charge on any atom is 0.251 e. The average Bonchev–Trinajstić information content (AvgIpc) is 3.08. The van der Waals surface area contributed by atoms with Gasteiger partial charge in [-0.15, -0.1) is 11.8 Å². The van der Waals surface area contributed by atoms with Crippen LogP contribution in [0.4, 0.5) is 0 Å². The Bertz CT molecular complexity index is 1040. The number of carbonyl (C=O) groups excluding carboxylic acids is 1. The van der Waals surface area contributed by atoms with E-state index >= 15 is 0 Å². The molecule has 124 valence electrons. The highest BCUT2D eigenvalue weighted by molar-refractivity contribution is 7.99. The summed E-state index contributed by atoms with van der Waals surface area (Å²) in [5, 5.41) is 6.47. The smallest absolute Gasteiger partial charge is 0.251 e. The molecule has 0 fully saturated rings. The van der Waals surface area contributed by atoms with Crippen LogP contribution in [0.2, 0.25) is 0 Å². The lowest BCUT2D eigenvalue weighted by molar-refractivity contribution is 0.0956. The van der Waals surface area contributed by atoms with Crippen LogP contribution in [0.25, 0.3) is 21.7 Å². The first-order valence-corrected chi connectivity index (χ1v) is 9.26. The van der Waals surface area contributed by atoms with Crippen LogP contribution in [0.1, 0.15) is 10.4 Å². The van der Waals surface area contributed by atoms with E-state index in [4.69, 9.17) is 0 Å². The Kier molecular flexibility index (Phi) is 4.44. The quantitative estimate of drug-likeness (QED) is 0.401. The van der Waals surface area contributed by atoms with Crippen molar-refractivity contribution in [1.82, 2.24) is 10.3 Å². The molecular weight excluding hydrogens is 328 g/mol. The van der Waals surface area contributed by atoms with Gasteiger partial charge in [0.25, 0.3) is 5.91 Å². The number of hydrogen-bond acceptors (Lipinski definition) is 2. The summed E-state index contributed by atoms with van der Waals surface area (Å²) in [7, 11) is 0. The minimum atomic E-state index is -0.0229. The molecule has 2 N–H and O–H groups in total. The van der Waals surface area contributed by atoms with Crippen molar-refractivity contribution in [3.8, 4) is 0 Å². The standard InChI is InChI=1S/C21H18N2OS/c24-21(17-10-9-15-5-1-2-6-16(15)13-17)22-11-12-25-20-14-23-19-8-4-3-7-18(19)20/h1-10,13-14,23H,11-12H2,(H,22,24). The van der Waals surface area contributed by atoms with Crippen molar-refractivity contribution in [1.29, 1.82) is 0 Å². The van der Waals surface area contributed by atoms with Gasteiger partial charge in [-0.1, -0.05) is 48.5 Å². The van der Waals surface area contributed by atoms with E-state index in [1.165, 1.54) is 10.3 Å². The highest BCUT2D eigenvalue weighted by atomic mass is 32.2. The molecule has 0 bridgehead atoms. The van der Waals surface area contributed by atoms with Gasteiger partial charge in [0.05, 0.1) is 0 Å². The Morgan fingerprint density at radius 3 is 2.68 bits per heavy atom. The third-order valence-corrected chi connectivity index (χ3v) is 5.27. The van der Waals surface area contributed by atoms with Gasteiger partial charge in [0, 0.05) is 39.9 Å². The molecule has 0 saturated carbocycles. The minimum Gasteiger partial charge on any atom is -0.360 e. The zero-order chi connectivity index (χ0) is 17.1. The highest BCUT2D eigenvalue weighted by Crippen LogP contribution is 2.27. The van der Waals surface area contributed by atoms with Crippen LogP contribution >= 0.6 is 11.8 Å². The van der Waals surface area contributed by atoms with Crippen molar-refractivity contribution in [2.24, 2.45) is 0 Å². The number of nitrogens with one attached hydrogen (secondary N) is 2. The number of carbonyl (C=O) groups is 1. The first kappa shape index (κ1) is 15.8. The zero-order valence-electron chi connectivity index (χ0n) is 13.7. The lowest BCUT2D eigenvalue weighted by Crippen LogP contribution is -2.25. The normalized spacial score (nSPS) is 11.0. The summed E-state index contributed by atoms with van der Waals surface area (Å²) in [5.41, 5.74) is 1.85. The van der Waals surface area contributed by atoms with E-state index in [1.54, 1.807) is 11.8 Å². The van der Waals surface area contributed by atoms with E-state index in [0.717, 1.165) is 22.0 Å². The van der Waals surface area contributed by atoms with Gasteiger partial charge in [-0.3, -0.25) is 4.79 Å². The Hall–Kier alpha value is -2.72. The van der Waals surface area contributed by atoms with Crippen LogP contribution in [0.5, 0.6) is 0 Å². The number of aromatic amines is 1. The minimum absolute atomic E-state index is 0.0229. The van der Waals surface area contributed by atoms with E-state index in [9.17, 15) is 4.79 Å². The summed E-state index contributed by atoms with van der Waals surface area (Å²) < 4.78 is 0. The van der Waals surface area contributed by atoms with E-state index in [2.05, 4.69) is 28.5 Å². The van der Waals surface area contributed by atoms with Gasteiger partial charge in [-0.2, -0.15) is 0 Å². The fourth-order valence-electron chi connectivity index (χ4n) is 2.92. The molecule has 0 saturated heterocycles. The van der Waals surface area contributed by atoms with E-state index in [-0.39, 0.29) is 5.91 Å². The van der Waals surface area contributed by atoms with Crippen molar-refractivity contribution in [3.63, 3.8) is 0 Å². The Morgan fingerprint density at radius 1 is 0.960 bits per heavy atom. The van der Waals surface area contributed by atoms with Gasteiger partial charge in [0.15, 0.2) is 0 Å². The van der Waals surface area contributed by atoms with Crippen molar-refractivity contribution < 1.29 is 4.79 Å². The third kappa shape index (κ3) is 3.39. The molecule has 0 spiro atoms. The summed E-state index contributed by atoms with van der Waals surface area (Å²) in [6.45, 7) is 0.635. The van der Waals surface area contributed by atoms with Crippen molar-refractivity contribution in [2.75, 3.05) is 12.3 Å². The molecule has 25 heavy (non-hydrogen) atoms. The second-order valence-corrected chi connectivity index (χ2v) is 7.00. The number of amides is 1. The largest absolute Gasteiger partial charge is 0.360 e. The van der Waals surface area contributed by atoms with Gasteiger partial charge >= 0.3 is 0 Å². The molecule has 0 radical (unpaired) electrons. The maximum absolute atomic E-state index is 12.3. The van der Waals surface area contributed by atoms with Crippen LogP contribution in [-0.4, -0.2) is 23.2 Å². The molecule has 1 amide bonds. The molecule has 4 aromatic rings. The number of thioether (sulfide) groups is 1. The molecule has 0 aliphatic carbocycles. The lowest BCUT2D eigenvalue weighted by Gasteiger charge is -2.06. The van der Waals surface area contributed by atoms with Gasteiger partial charge < -0.3 is 10.3 Å². The van der Waals surface area contributed by atoms with Gasteiger partial charge in [-0.25, -0.2) is 0 Å². The van der Waals surface area contributed by atoms with Crippen LogP contribution < -0.4 is 5.32 Å². The van der Waals surface area contributed by atoms with Gasteiger partial charge in [0.2, 0.25) is 0 Å². The molecule has 3 nitrogen and oxygen atoms in total. The molecule has 1 aromatic heterocycles. The maximum atomic E-state index is 12.3. The zero-order valence-corrected chi connectivity index (χ0v) is 14.5. The number of hydrogen-bond donors (Lipinski definition) is 2. The van der Waals surface area contributed by atoms with E-state index in [1.807, 2.05) is 54.7 Å². The summed E-state index contributed by atoms with van der Waals surface area (Å²) >= 11 is 1.75. The molecular formula is C21H18N2OS. The van der Waals surface area contributed by atoms with E-state index < -0.39 is 0 Å². The number of para-hydroxylation sites is 1. The van der Waals surface area contributed by atoms with Crippen molar-refractivity contribution in [3.05, 3.63) is 78.5 Å². The second kappa shape index (κ2) is 7.03. The number of benzene rings is 3. The molecule has 3 aromatic carbocycles. The summed E-state index contributed by atoms with van der Waals surface area (Å²) in [6, 6.07) is 22.1. The first-order chi connectivity index (χ1) is 12.3. The number of rotatable bonds is 5. The third-order valence-electron chi connectivity index (χ3n) is 4.21. The SMILES string of the molecule is O=C(NCCSc1c[nH]c2ccccc12)c1ccc2ccccc2c1. The Morgan fingerprint density at radius 2 is 1.76 bits per heavy atom. The fourth-order valence-corrected chi connectivity index (χ4v) is 3.82. The molecule has 0 unspecified atom stereocenters. The summed E-state index contributed by atoms with van der Waals surface area (Å²) in [6.07, 6.45) is 2.03. The molecule has 4 rings (SSSR count). The van der Waals surface area contributed by atoms with Crippen LogP contribution in [-0.2, 0) is 0 Å². The van der Waals surface area contributed by atoms with E-state index in [0.29, 0.717) is 12.1 Å². The monoisotopic (exact) mass is 346 g/mol. The number of H-pyrrole nitrogens is 1. The highest BCUT2D eigenvalue weighted by Gasteiger charge is 2.07. The number of aromatic nitrogens is 1. The van der Waals surface area contributed by atoms with Crippen molar-refractivity contribution in [2.45, 2.75) is 4.90 Å². The second-order valence-electron chi connectivity index (χ2n) is 5.86. The number of fused-ring (bicyclic) bond motifs is 2. The van der Waals surface area contributed by atoms with Gasteiger partial charge in [-0.05, 0) is 29.0 Å². The average molecular weight is 346 g/mol.